The number of amides is 1. The lowest BCUT2D eigenvalue weighted by Crippen LogP contribution is -2.28. The Labute approximate surface area is 223 Å². The van der Waals surface area contributed by atoms with Crippen molar-refractivity contribution in [1.29, 1.82) is 0 Å². The largest absolute Gasteiger partial charge is 0.493 e. The Morgan fingerprint density at radius 3 is 2.61 bits per heavy atom. The van der Waals surface area contributed by atoms with E-state index >= 15 is 0 Å². The standard InChI is InChI=1S/C29H33N3O2S2/c1-5-6-10-15-31-28(33)26(36-29(31)35)17-22-18-32(23-11-8-7-9-12-23)30-27(22)25-14-13-24(16-21(25)4)34-19-20(2)3/h7-9,11-14,16-18,20H,5-6,10,15,19H2,1-4H3. The van der Waals surface area contributed by atoms with Gasteiger partial charge < -0.3 is 4.74 Å². The molecule has 0 N–H and O–H groups in total. The summed E-state index contributed by atoms with van der Waals surface area (Å²) in [6.45, 7) is 9.83. The molecule has 2 heterocycles. The minimum absolute atomic E-state index is 0.0198. The van der Waals surface area contributed by atoms with Crippen LogP contribution < -0.4 is 4.74 Å². The third kappa shape index (κ3) is 6.08. The van der Waals surface area contributed by atoms with E-state index in [1.807, 2.05) is 53.4 Å². The van der Waals surface area contributed by atoms with Gasteiger partial charge in [0.15, 0.2) is 0 Å². The van der Waals surface area contributed by atoms with Gasteiger partial charge in [-0.2, -0.15) is 5.10 Å². The molecule has 188 valence electrons. The van der Waals surface area contributed by atoms with E-state index in [-0.39, 0.29) is 5.91 Å². The van der Waals surface area contributed by atoms with Crippen molar-refractivity contribution in [2.24, 2.45) is 5.92 Å². The highest BCUT2D eigenvalue weighted by Crippen LogP contribution is 2.36. The number of para-hydroxylation sites is 1. The molecule has 1 aromatic heterocycles. The molecular weight excluding hydrogens is 486 g/mol. The second kappa shape index (κ2) is 11.9. The van der Waals surface area contributed by atoms with Gasteiger partial charge in [0.2, 0.25) is 0 Å². The molecule has 0 spiro atoms. The smallest absolute Gasteiger partial charge is 0.266 e. The number of rotatable bonds is 10. The summed E-state index contributed by atoms with van der Waals surface area (Å²) in [6.07, 6.45) is 7.06. The zero-order valence-electron chi connectivity index (χ0n) is 21.4. The van der Waals surface area contributed by atoms with Crippen LogP contribution >= 0.6 is 24.0 Å². The monoisotopic (exact) mass is 519 g/mol. The van der Waals surface area contributed by atoms with Crippen molar-refractivity contribution < 1.29 is 9.53 Å². The number of hydrogen-bond acceptors (Lipinski definition) is 5. The van der Waals surface area contributed by atoms with E-state index in [2.05, 4.69) is 39.8 Å². The number of thioether (sulfide) groups is 1. The van der Waals surface area contributed by atoms with Crippen molar-refractivity contribution in [2.45, 2.75) is 47.0 Å². The van der Waals surface area contributed by atoms with Crippen LogP contribution in [0, 0.1) is 12.8 Å². The molecule has 1 fully saturated rings. The lowest BCUT2D eigenvalue weighted by molar-refractivity contribution is -0.122. The number of hydrogen-bond donors (Lipinski definition) is 0. The molecule has 7 heteroatoms. The van der Waals surface area contributed by atoms with Crippen LogP contribution in [0.1, 0.15) is 51.2 Å². The van der Waals surface area contributed by atoms with Crippen molar-refractivity contribution in [3.63, 3.8) is 0 Å². The first-order chi connectivity index (χ1) is 17.4. The maximum atomic E-state index is 13.2. The molecule has 1 saturated heterocycles. The second-order valence-electron chi connectivity index (χ2n) is 9.44. The van der Waals surface area contributed by atoms with Crippen LogP contribution in [0.3, 0.4) is 0 Å². The summed E-state index contributed by atoms with van der Waals surface area (Å²) < 4.78 is 8.42. The Morgan fingerprint density at radius 2 is 1.92 bits per heavy atom. The van der Waals surface area contributed by atoms with E-state index in [1.165, 1.54) is 11.8 Å². The molecule has 4 rings (SSSR count). The van der Waals surface area contributed by atoms with Crippen LogP contribution in [0.15, 0.2) is 59.6 Å². The van der Waals surface area contributed by atoms with Gasteiger partial charge in [-0.3, -0.25) is 9.69 Å². The summed E-state index contributed by atoms with van der Waals surface area (Å²) in [5, 5.41) is 4.95. The Morgan fingerprint density at radius 1 is 1.14 bits per heavy atom. The van der Waals surface area contributed by atoms with E-state index in [0.717, 1.165) is 53.1 Å². The molecule has 0 unspecified atom stereocenters. The lowest BCUT2D eigenvalue weighted by atomic mass is 10.0. The average Bonchev–Trinajstić information content (AvgIpc) is 3.39. The molecule has 0 saturated carbocycles. The maximum Gasteiger partial charge on any atom is 0.266 e. The van der Waals surface area contributed by atoms with Gasteiger partial charge in [-0.1, -0.05) is 75.8 Å². The summed E-state index contributed by atoms with van der Waals surface area (Å²) >= 11 is 6.91. The number of ether oxygens (including phenoxy) is 1. The van der Waals surface area contributed by atoms with E-state index < -0.39 is 0 Å². The van der Waals surface area contributed by atoms with Gasteiger partial charge in [-0.05, 0) is 61.2 Å². The zero-order valence-corrected chi connectivity index (χ0v) is 23.0. The first kappa shape index (κ1) is 26.2. The summed E-state index contributed by atoms with van der Waals surface area (Å²) in [4.78, 5) is 15.6. The second-order valence-corrected chi connectivity index (χ2v) is 11.1. The van der Waals surface area contributed by atoms with E-state index in [1.54, 1.807) is 4.90 Å². The van der Waals surface area contributed by atoms with Gasteiger partial charge >= 0.3 is 0 Å². The Kier molecular flexibility index (Phi) is 8.64. The molecule has 0 radical (unpaired) electrons. The number of carbonyl (C=O) groups excluding carboxylic acids is 1. The SMILES string of the molecule is CCCCCN1C(=O)C(=Cc2cn(-c3ccccc3)nc2-c2ccc(OCC(C)C)cc2C)SC1=S. The molecule has 3 aromatic rings. The number of thiocarbonyl (C=S) groups is 1. The molecule has 1 amide bonds. The molecule has 0 aliphatic carbocycles. The van der Waals surface area contributed by atoms with Crippen LogP contribution in [-0.2, 0) is 4.79 Å². The van der Waals surface area contributed by atoms with Gasteiger partial charge in [0, 0.05) is 23.9 Å². The molecule has 2 aromatic carbocycles. The zero-order chi connectivity index (χ0) is 25.7. The highest BCUT2D eigenvalue weighted by molar-refractivity contribution is 8.26. The summed E-state index contributed by atoms with van der Waals surface area (Å²) in [6, 6.07) is 16.1. The van der Waals surface area contributed by atoms with Crippen molar-refractivity contribution in [3.8, 4) is 22.7 Å². The topological polar surface area (TPSA) is 47.4 Å². The quantitative estimate of drug-likeness (QED) is 0.160. The number of benzene rings is 2. The Balaban J connectivity index is 1.71. The molecule has 0 bridgehead atoms. The van der Waals surface area contributed by atoms with Crippen LogP contribution in [0.4, 0.5) is 0 Å². The molecule has 0 atom stereocenters. The Hall–Kier alpha value is -2.90. The molecule has 5 nitrogen and oxygen atoms in total. The van der Waals surface area contributed by atoms with Crippen LogP contribution in [-0.4, -0.2) is 38.1 Å². The normalized spacial score (nSPS) is 14.9. The van der Waals surface area contributed by atoms with Crippen molar-refractivity contribution in [1.82, 2.24) is 14.7 Å². The predicted octanol–water partition coefficient (Wildman–Crippen LogP) is 7.27. The highest BCUT2D eigenvalue weighted by Gasteiger charge is 2.32. The van der Waals surface area contributed by atoms with Gasteiger partial charge in [0.05, 0.1) is 17.2 Å². The number of nitrogens with zero attached hydrogens (tertiary/aromatic N) is 3. The predicted molar refractivity (Wildman–Crippen MR) is 153 cm³/mol. The fourth-order valence-electron chi connectivity index (χ4n) is 4.02. The fourth-order valence-corrected chi connectivity index (χ4v) is 5.32. The number of aryl methyl sites for hydroxylation is 1. The van der Waals surface area contributed by atoms with Crippen molar-refractivity contribution in [2.75, 3.05) is 13.2 Å². The lowest BCUT2D eigenvalue weighted by Gasteiger charge is -2.13. The molecule has 36 heavy (non-hydrogen) atoms. The van der Waals surface area contributed by atoms with Crippen molar-refractivity contribution >= 4 is 40.3 Å². The van der Waals surface area contributed by atoms with Gasteiger partial charge in [0.25, 0.3) is 5.91 Å². The van der Waals surface area contributed by atoms with Gasteiger partial charge in [0.1, 0.15) is 15.8 Å². The average molecular weight is 520 g/mol. The first-order valence-electron chi connectivity index (χ1n) is 12.5. The third-order valence-corrected chi connectivity index (χ3v) is 7.32. The minimum atomic E-state index is -0.0198. The van der Waals surface area contributed by atoms with Crippen LogP contribution in [0.2, 0.25) is 0 Å². The van der Waals surface area contributed by atoms with Crippen LogP contribution in [0.25, 0.3) is 23.0 Å². The number of unbranched alkanes of at least 4 members (excludes halogenated alkanes) is 2. The van der Waals surface area contributed by atoms with E-state index in [4.69, 9.17) is 22.1 Å². The minimum Gasteiger partial charge on any atom is -0.493 e. The molecule has 1 aliphatic rings. The number of carbonyl (C=O) groups is 1. The molecular formula is C29H33N3O2S2. The summed E-state index contributed by atoms with van der Waals surface area (Å²) in [5.74, 6) is 1.29. The van der Waals surface area contributed by atoms with E-state index in [9.17, 15) is 4.79 Å². The number of aromatic nitrogens is 2. The third-order valence-electron chi connectivity index (χ3n) is 5.95. The van der Waals surface area contributed by atoms with Crippen LogP contribution in [0.5, 0.6) is 5.75 Å². The summed E-state index contributed by atoms with van der Waals surface area (Å²) in [7, 11) is 0. The highest BCUT2D eigenvalue weighted by atomic mass is 32.2. The van der Waals surface area contributed by atoms with Crippen molar-refractivity contribution in [3.05, 3.63) is 70.8 Å². The summed E-state index contributed by atoms with van der Waals surface area (Å²) in [5.41, 5.74) is 4.73. The first-order valence-corrected chi connectivity index (χ1v) is 13.7. The van der Waals surface area contributed by atoms with Gasteiger partial charge in [-0.15, -0.1) is 0 Å². The van der Waals surface area contributed by atoms with E-state index in [0.29, 0.717) is 28.3 Å². The Bertz CT molecular complexity index is 1260. The fraction of sp³-hybridized carbons (Fsp3) is 0.345. The van der Waals surface area contributed by atoms with Gasteiger partial charge in [-0.25, -0.2) is 4.68 Å². The maximum absolute atomic E-state index is 13.2. The molecule has 1 aliphatic heterocycles.